The van der Waals surface area contributed by atoms with Gasteiger partial charge in [0, 0.05) is 32.2 Å². The van der Waals surface area contributed by atoms with Crippen LogP contribution in [-0.2, 0) is 4.74 Å². The first-order valence-electron chi connectivity index (χ1n) is 6.37. The molecular formula is C12H25N3O. The SMILES string of the molecule is CN1CCOC(CN(C)CC2CC(N)C2)C1. The minimum atomic E-state index is 0.387. The van der Waals surface area contributed by atoms with E-state index >= 15 is 0 Å². The number of hydrogen-bond acceptors (Lipinski definition) is 4. The van der Waals surface area contributed by atoms with E-state index < -0.39 is 0 Å². The predicted octanol–water partition coefficient (Wildman–Crippen LogP) is -0.0139. The molecule has 0 amide bonds. The van der Waals surface area contributed by atoms with Crippen LogP contribution in [0, 0.1) is 5.92 Å². The third-order valence-electron chi connectivity index (χ3n) is 3.70. The standard InChI is InChI=1S/C12H25N3O/c1-14-3-4-16-12(8-14)9-15(2)7-10-5-11(13)6-10/h10-12H,3-9,13H2,1-2H3. The van der Waals surface area contributed by atoms with Gasteiger partial charge in [-0.3, -0.25) is 0 Å². The summed E-state index contributed by atoms with van der Waals surface area (Å²) in [7, 11) is 4.36. The Balaban J connectivity index is 1.64. The summed E-state index contributed by atoms with van der Waals surface area (Å²) in [5, 5.41) is 0. The minimum Gasteiger partial charge on any atom is -0.374 e. The van der Waals surface area contributed by atoms with Gasteiger partial charge in [0.1, 0.15) is 0 Å². The molecule has 0 spiro atoms. The maximum atomic E-state index is 5.80. The Labute approximate surface area is 98.7 Å². The zero-order valence-electron chi connectivity index (χ0n) is 10.6. The summed E-state index contributed by atoms with van der Waals surface area (Å²) in [6.45, 7) is 5.24. The molecule has 0 aromatic carbocycles. The van der Waals surface area contributed by atoms with E-state index in [4.69, 9.17) is 10.5 Å². The van der Waals surface area contributed by atoms with Crippen LogP contribution in [0.4, 0.5) is 0 Å². The second kappa shape index (κ2) is 5.45. The van der Waals surface area contributed by atoms with Crippen molar-refractivity contribution in [1.29, 1.82) is 0 Å². The summed E-state index contributed by atoms with van der Waals surface area (Å²) < 4.78 is 5.77. The molecule has 1 saturated heterocycles. The van der Waals surface area contributed by atoms with Gasteiger partial charge in [0.25, 0.3) is 0 Å². The molecular weight excluding hydrogens is 202 g/mol. The van der Waals surface area contributed by atoms with Gasteiger partial charge in [0.2, 0.25) is 0 Å². The number of nitrogens with two attached hydrogens (primary N) is 1. The van der Waals surface area contributed by atoms with Crippen molar-refractivity contribution in [2.24, 2.45) is 11.7 Å². The summed E-state index contributed by atoms with van der Waals surface area (Å²) in [6, 6.07) is 0.468. The van der Waals surface area contributed by atoms with Crippen LogP contribution >= 0.6 is 0 Å². The highest BCUT2D eigenvalue weighted by Crippen LogP contribution is 2.26. The fourth-order valence-corrected chi connectivity index (χ4v) is 2.78. The second-order valence-electron chi connectivity index (χ2n) is 5.57. The summed E-state index contributed by atoms with van der Waals surface area (Å²) in [4.78, 5) is 4.75. The molecule has 1 aliphatic heterocycles. The van der Waals surface area contributed by atoms with E-state index in [0.29, 0.717) is 12.1 Å². The quantitative estimate of drug-likeness (QED) is 0.733. The first-order chi connectivity index (χ1) is 7.63. The number of hydrogen-bond donors (Lipinski definition) is 1. The van der Waals surface area contributed by atoms with Crippen molar-refractivity contribution in [3.05, 3.63) is 0 Å². The monoisotopic (exact) mass is 227 g/mol. The van der Waals surface area contributed by atoms with Crippen LogP contribution in [0.25, 0.3) is 0 Å². The third kappa shape index (κ3) is 3.42. The third-order valence-corrected chi connectivity index (χ3v) is 3.70. The van der Waals surface area contributed by atoms with E-state index in [1.54, 1.807) is 0 Å². The molecule has 0 bridgehead atoms. The Bertz CT molecular complexity index is 218. The number of rotatable bonds is 4. The molecule has 2 fully saturated rings. The first-order valence-corrected chi connectivity index (χ1v) is 6.37. The molecule has 2 N–H and O–H groups in total. The maximum Gasteiger partial charge on any atom is 0.0829 e. The van der Waals surface area contributed by atoms with E-state index in [1.165, 1.54) is 19.4 Å². The highest BCUT2D eigenvalue weighted by Gasteiger charge is 2.27. The van der Waals surface area contributed by atoms with Gasteiger partial charge in [-0.05, 0) is 32.9 Å². The van der Waals surface area contributed by atoms with Crippen molar-refractivity contribution in [3.63, 3.8) is 0 Å². The van der Waals surface area contributed by atoms with Gasteiger partial charge in [-0.15, -0.1) is 0 Å². The molecule has 1 heterocycles. The van der Waals surface area contributed by atoms with Crippen LogP contribution < -0.4 is 5.73 Å². The lowest BCUT2D eigenvalue weighted by Crippen LogP contribution is -2.47. The molecule has 16 heavy (non-hydrogen) atoms. The van der Waals surface area contributed by atoms with Crippen molar-refractivity contribution in [3.8, 4) is 0 Å². The Morgan fingerprint density at radius 1 is 1.38 bits per heavy atom. The van der Waals surface area contributed by atoms with Gasteiger partial charge in [-0.1, -0.05) is 0 Å². The molecule has 1 unspecified atom stereocenters. The summed E-state index contributed by atoms with van der Waals surface area (Å²) >= 11 is 0. The number of nitrogens with zero attached hydrogens (tertiary/aromatic N) is 2. The largest absolute Gasteiger partial charge is 0.374 e. The fourth-order valence-electron chi connectivity index (χ4n) is 2.78. The second-order valence-corrected chi connectivity index (χ2v) is 5.57. The summed E-state index contributed by atoms with van der Waals surface area (Å²) in [5.74, 6) is 0.821. The summed E-state index contributed by atoms with van der Waals surface area (Å²) in [6.07, 6.45) is 2.79. The average Bonchev–Trinajstić information content (AvgIpc) is 2.15. The maximum absolute atomic E-state index is 5.80. The highest BCUT2D eigenvalue weighted by atomic mass is 16.5. The van der Waals surface area contributed by atoms with Crippen molar-refractivity contribution < 1.29 is 4.74 Å². The van der Waals surface area contributed by atoms with E-state index in [0.717, 1.165) is 32.2 Å². The Hall–Kier alpha value is -0.160. The van der Waals surface area contributed by atoms with Crippen LogP contribution in [0.3, 0.4) is 0 Å². The van der Waals surface area contributed by atoms with E-state index in [2.05, 4.69) is 23.9 Å². The van der Waals surface area contributed by atoms with Gasteiger partial charge >= 0.3 is 0 Å². The smallest absolute Gasteiger partial charge is 0.0829 e. The van der Waals surface area contributed by atoms with Crippen LogP contribution in [0.15, 0.2) is 0 Å². The lowest BCUT2D eigenvalue weighted by Gasteiger charge is -2.37. The molecule has 94 valence electrons. The van der Waals surface area contributed by atoms with Crippen molar-refractivity contribution in [2.75, 3.05) is 46.9 Å². The zero-order chi connectivity index (χ0) is 11.5. The molecule has 2 rings (SSSR count). The molecule has 4 heteroatoms. The topological polar surface area (TPSA) is 41.7 Å². The van der Waals surface area contributed by atoms with Gasteiger partial charge in [-0.25, -0.2) is 0 Å². The number of ether oxygens (including phenoxy) is 1. The van der Waals surface area contributed by atoms with Crippen LogP contribution in [0.5, 0.6) is 0 Å². The molecule has 0 aromatic heterocycles. The van der Waals surface area contributed by atoms with Crippen LogP contribution in [-0.4, -0.2) is 68.8 Å². The van der Waals surface area contributed by atoms with Gasteiger partial charge in [-0.2, -0.15) is 0 Å². The van der Waals surface area contributed by atoms with E-state index in [9.17, 15) is 0 Å². The van der Waals surface area contributed by atoms with E-state index in [-0.39, 0.29) is 0 Å². The van der Waals surface area contributed by atoms with Crippen molar-refractivity contribution in [1.82, 2.24) is 9.80 Å². The molecule has 1 aliphatic carbocycles. The normalized spacial score (nSPS) is 36.4. The van der Waals surface area contributed by atoms with Gasteiger partial charge in [0.05, 0.1) is 12.7 Å². The lowest BCUT2D eigenvalue weighted by molar-refractivity contribution is -0.0353. The van der Waals surface area contributed by atoms with Gasteiger partial charge < -0.3 is 20.3 Å². The molecule has 1 saturated carbocycles. The van der Waals surface area contributed by atoms with Crippen LogP contribution in [0.1, 0.15) is 12.8 Å². The lowest BCUT2D eigenvalue weighted by atomic mass is 9.80. The Morgan fingerprint density at radius 2 is 2.12 bits per heavy atom. The molecule has 2 aliphatic rings. The van der Waals surface area contributed by atoms with Crippen LogP contribution in [0.2, 0.25) is 0 Å². The molecule has 0 aromatic rings. The highest BCUT2D eigenvalue weighted by molar-refractivity contribution is 4.84. The Kier molecular flexibility index (Phi) is 4.19. The summed E-state index contributed by atoms with van der Waals surface area (Å²) in [5.41, 5.74) is 5.80. The van der Waals surface area contributed by atoms with Gasteiger partial charge in [0.15, 0.2) is 0 Å². The minimum absolute atomic E-state index is 0.387. The molecule has 0 radical (unpaired) electrons. The fraction of sp³-hybridized carbons (Fsp3) is 1.00. The van der Waals surface area contributed by atoms with E-state index in [1.807, 2.05) is 0 Å². The van der Waals surface area contributed by atoms with Crippen molar-refractivity contribution in [2.45, 2.75) is 25.0 Å². The predicted molar refractivity (Wildman–Crippen MR) is 65.4 cm³/mol. The number of likely N-dealkylation sites (N-methyl/N-ethyl adjacent to an activating group) is 2. The van der Waals surface area contributed by atoms with Crippen molar-refractivity contribution >= 4 is 0 Å². The molecule has 4 nitrogen and oxygen atoms in total. The first kappa shape index (κ1) is 12.3. The average molecular weight is 227 g/mol. The molecule has 1 atom stereocenters. The zero-order valence-corrected chi connectivity index (χ0v) is 10.6. The number of morpholine rings is 1. The Morgan fingerprint density at radius 3 is 2.75 bits per heavy atom.